The van der Waals surface area contributed by atoms with E-state index in [0.29, 0.717) is 21.6 Å². The number of aromatic nitrogens is 1. The van der Waals surface area contributed by atoms with E-state index in [2.05, 4.69) is 20.9 Å². The molecule has 0 fully saturated rings. The Bertz CT molecular complexity index is 317. The predicted molar refractivity (Wildman–Crippen MR) is 51.6 cm³/mol. The van der Waals surface area contributed by atoms with Gasteiger partial charge in [0, 0.05) is 10.4 Å². The van der Waals surface area contributed by atoms with Gasteiger partial charge in [-0.05, 0) is 18.6 Å². The minimum absolute atomic E-state index is 0.234. The third kappa shape index (κ3) is 2.38. The van der Waals surface area contributed by atoms with Crippen LogP contribution in [0.15, 0.2) is 6.07 Å². The highest BCUT2D eigenvalue weighted by atomic mass is 79.9. The van der Waals surface area contributed by atoms with Crippen molar-refractivity contribution in [1.29, 1.82) is 0 Å². The van der Waals surface area contributed by atoms with E-state index in [1.807, 2.05) is 0 Å². The molecule has 0 spiro atoms. The second-order valence-corrected chi connectivity index (χ2v) is 3.51. The summed E-state index contributed by atoms with van der Waals surface area (Å²) in [6, 6.07) is 1.58. The molecule has 0 radical (unpaired) electrons. The van der Waals surface area contributed by atoms with E-state index in [0.717, 1.165) is 0 Å². The van der Waals surface area contributed by atoms with Gasteiger partial charge in [-0.3, -0.25) is 4.98 Å². The topological polar surface area (TPSA) is 12.9 Å². The van der Waals surface area contributed by atoms with Crippen LogP contribution in [0.5, 0.6) is 0 Å². The summed E-state index contributed by atoms with van der Waals surface area (Å²) in [7, 11) is 0. The Morgan fingerprint density at radius 1 is 1.62 bits per heavy atom. The summed E-state index contributed by atoms with van der Waals surface area (Å²) >= 11 is 8.88. The predicted octanol–water partition coefficient (Wildman–Crippen LogP) is 3.88. The molecular weight excluding hydrogens is 263 g/mol. The third-order valence-corrected chi connectivity index (χ3v) is 2.61. The smallest absolute Gasteiger partial charge is 0.251 e. The van der Waals surface area contributed by atoms with Crippen LogP contribution in [-0.2, 0) is 5.33 Å². The molecule has 0 N–H and O–H groups in total. The van der Waals surface area contributed by atoms with Crippen LogP contribution in [0.2, 0.25) is 5.02 Å². The van der Waals surface area contributed by atoms with Crippen LogP contribution >= 0.6 is 27.5 Å². The number of rotatable bonds is 2. The van der Waals surface area contributed by atoms with E-state index in [-0.39, 0.29) is 5.69 Å². The lowest BCUT2D eigenvalue weighted by Gasteiger charge is -2.07. The van der Waals surface area contributed by atoms with Gasteiger partial charge >= 0.3 is 0 Å². The fourth-order valence-corrected chi connectivity index (χ4v) is 1.44. The number of pyridine rings is 1. The van der Waals surface area contributed by atoms with Crippen LogP contribution in [-0.4, -0.2) is 4.98 Å². The highest BCUT2D eigenvalue weighted by Crippen LogP contribution is 2.27. The Hall–Kier alpha value is -0.220. The first-order valence-electron chi connectivity index (χ1n) is 3.56. The molecule has 0 saturated carbocycles. The molecule has 1 nitrogen and oxygen atoms in total. The molecule has 0 aliphatic rings. The Balaban J connectivity index is 3.25. The minimum atomic E-state index is -2.57. The summed E-state index contributed by atoms with van der Waals surface area (Å²) in [5.74, 6) is 0. The number of alkyl halides is 3. The maximum Gasteiger partial charge on any atom is 0.280 e. The fraction of sp³-hybridized carbons (Fsp3) is 0.375. The molecule has 0 unspecified atom stereocenters. The van der Waals surface area contributed by atoms with Crippen LogP contribution in [0.1, 0.15) is 23.4 Å². The molecule has 1 aromatic rings. The minimum Gasteiger partial charge on any atom is -0.251 e. The van der Waals surface area contributed by atoms with Crippen molar-refractivity contribution in [3.63, 3.8) is 0 Å². The highest BCUT2D eigenvalue weighted by molar-refractivity contribution is 9.08. The maximum absolute atomic E-state index is 12.4. The quantitative estimate of drug-likeness (QED) is 0.743. The van der Waals surface area contributed by atoms with E-state index in [1.54, 1.807) is 6.07 Å². The monoisotopic (exact) mass is 269 g/mol. The SMILES string of the molecule is Cc1c(Cl)cc(CBr)nc1C(F)F. The summed E-state index contributed by atoms with van der Waals surface area (Å²) in [4.78, 5) is 3.77. The lowest BCUT2D eigenvalue weighted by molar-refractivity contribution is 0.145. The number of nitrogens with zero attached hydrogens (tertiary/aromatic N) is 1. The molecule has 1 aromatic heterocycles. The van der Waals surface area contributed by atoms with Crippen molar-refractivity contribution in [2.75, 3.05) is 0 Å². The Morgan fingerprint density at radius 3 is 2.69 bits per heavy atom. The van der Waals surface area contributed by atoms with Gasteiger partial charge in [-0.15, -0.1) is 0 Å². The third-order valence-electron chi connectivity index (χ3n) is 1.64. The molecule has 0 aliphatic heterocycles. The summed E-state index contributed by atoms with van der Waals surface area (Å²) in [6.45, 7) is 1.54. The zero-order valence-electron chi connectivity index (χ0n) is 6.82. The number of halogens is 4. The number of hydrogen-bond donors (Lipinski definition) is 0. The molecule has 13 heavy (non-hydrogen) atoms. The van der Waals surface area contributed by atoms with E-state index < -0.39 is 6.43 Å². The van der Waals surface area contributed by atoms with Gasteiger partial charge in [0.1, 0.15) is 5.69 Å². The molecule has 0 saturated heterocycles. The first kappa shape index (κ1) is 10.9. The van der Waals surface area contributed by atoms with Crippen LogP contribution in [0.4, 0.5) is 8.78 Å². The van der Waals surface area contributed by atoms with Gasteiger partial charge < -0.3 is 0 Å². The summed E-state index contributed by atoms with van der Waals surface area (Å²) in [5.41, 5.74) is 0.634. The van der Waals surface area contributed by atoms with E-state index in [1.165, 1.54) is 6.92 Å². The summed E-state index contributed by atoms with van der Waals surface area (Å²) in [5, 5.41) is 0.756. The van der Waals surface area contributed by atoms with Crippen molar-refractivity contribution in [2.24, 2.45) is 0 Å². The molecule has 5 heteroatoms. The lowest BCUT2D eigenvalue weighted by atomic mass is 10.2. The largest absolute Gasteiger partial charge is 0.280 e. The van der Waals surface area contributed by atoms with Gasteiger partial charge in [0.25, 0.3) is 6.43 Å². The molecule has 0 aliphatic carbocycles. The van der Waals surface area contributed by atoms with E-state index in [9.17, 15) is 8.78 Å². The van der Waals surface area contributed by atoms with Gasteiger partial charge in [0.2, 0.25) is 0 Å². The highest BCUT2D eigenvalue weighted by Gasteiger charge is 2.15. The zero-order chi connectivity index (χ0) is 10.0. The second-order valence-electron chi connectivity index (χ2n) is 2.54. The average molecular weight is 271 g/mol. The molecular formula is C8H7BrClF2N. The van der Waals surface area contributed by atoms with Crippen molar-refractivity contribution in [3.8, 4) is 0 Å². The molecule has 0 atom stereocenters. The first-order valence-corrected chi connectivity index (χ1v) is 5.06. The van der Waals surface area contributed by atoms with Crippen molar-refractivity contribution < 1.29 is 8.78 Å². The van der Waals surface area contributed by atoms with E-state index in [4.69, 9.17) is 11.6 Å². The van der Waals surface area contributed by atoms with E-state index >= 15 is 0 Å². The normalized spacial score (nSPS) is 10.9. The van der Waals surface area contributed by atoms with Crippen molar-refractivity contribution in [3.05, 3.63) is 28.0 Å². The average Bonchev–Trinajstić information content (AvgIpc) is 2.09. The number of hydrogen-bond acceptors (Lipinski definition) is 1. The molecule has 0 bridgehead atoms. The molecule has 1 heterocycles. The Labute approximate surface area is 88.2 Å². The van der Waals surface area contributed by atoms with Crippen LogP contribution < -0.4 is 0 Å². The first-order chi connectivity index (χ1) is 6.06. The standard InChI is InChI=1S/C8H7BrClF2N/c1-4-6(10)2-5(3-9)13-7(4)8(11)12/h2,8H,3H2,1H3. The fourth-order valence-electron chi connectivity index (χ4n) is 0.929. The summed E-state index contributed by atoms with van der Waals surface area (Å²) < 4.78 is 24.8. The molecule has 0 amide bonds. The van der Waals surface area contributed by atoms with Gasteiger partial charge in [0.15, 0.2) is 0 Å². The van der Waals surface area contributed by atoms with Gasteiger partial charge in [-0.1, -0.05) is 27.5 Å². The zero-order valence-corrected chi connectivity index (χ0v) is 9.16. The lowest BCUT2D eigenvalue weighted by Crippen LogP contribution is -1.98. The summed E-state index contributed by atoms with van der Waals surface area (Å²) in [6.07, 6.45) is -2.57. The van der Waals surface area contributed by atoms with Crippen LogP contribution in [0, 0.1) is 6.92 Å². The second kappa shape index (κ2) is 4.33. The van der Waals surface area contributed by atoms with Crippen LogP contribution in [0.3, 0.4) is 0 Å². The molecule has 0 aromatic carbocycles. The molecule has 72 valence electrons. The Kier molecular flexibility index (Phi) is 3.62. The van der Waals surface area contributed by atoms with Gasteiger partial charge in [0.05, 0.1) is 5.69 Å². The maximum atomic E-state index is 12.4. The van der Waals surface area contributed by atoms with Crippen molar-refractivity contribution >= 4 is 27.5 Å². The molecule has 1 rings (SSSR count). The van der Waals surface area contributed by atoms with Crippen molar-refractivity contribution in [2.45, 2.75) is 18.7 Å². The van der Waals surface area contributed by atoms with Gasteiger partial charge in [-0.2, -0.15) is 0 Å². The Morgan fingerprint density at radius 2 is 2.23 bits per heavy atom. The van der Waals surface area contributed by atoms with Crippen molar-refractivity contribution in [1.82, 2.24) is 4.98 Å². The van der Waals surface area contributed by atoms with Crippen LogP contribution in [0.25, 0.3) is 0 Å². The van der Waals surface area contributed by atoms with Gasteiger partial charge in [-0.25, -0.2) is 8.78 Å².